The topological polar surface area (TPSA) is 40.5 Å². The van der Waals surface area contributed by atoms with Crippen LogP contribution in [0.4, 0.5) is 0 Å². The van der Waals surface area contributed by atoms with E-state index in [9.17, 15) is 10.2 Å². The molecule has 4 rings (SSSR count). The number of phenolic OH excluding ortho intramolecular Hbond substituents is 2. The molecule has 0 aliphatic rings. The maximum Gasteiger partial charge on any atom is 0.119 e. The van der Waals surface area contributed by atoms with Crippen molar-refractivity contribution in [1.29, 1.82) is 0 Å². The first-order valence-electron chi connectivity index (χ1n) is 9.16. The van der Waals surface area contributed by atoms with Crippen LogP contribution in [0, 0.1) is 0 Å². The van der Waals surface area contributed by atoms with Crippen LogP contribution in [0.15, 0.2) is 109 Å². The monoisotopic (exact) mass is 364 g/mol. The van der Waals surface area contributed by atoms with Crippen molar-refractivity contribution >= 4 is 11.1 Å². The molecule has 0 saturated heterocycles. The summed E-state index contributed by atoms with van der Waals surface area (Å²) in [6, 6.07) is 35.1. The molecule has 0 radical (unpaired) electrons. The quantitative estimate of drug-likeness (QED) is 0.429. The Morgan fingerprint density at radius 3 is 1.07 bits per heavy atom. The molecule has 2 heteroatoms. The van der Waals surface area contributed by atoms with Gasteiger partial charge in [0.15, 0.2) is 0 Å². The van der Waals surface area contributed by atoms with Gasteiger partial charge in [0.1, 0.15) is 11.5 Å². The van der Waals surface area contributed by atoms with E-state index < -0.39 is 0 Å². The molecule has 0 saturated carbocycles. The minimum absolute atomic E-state index is 0.0314. The van der Waals surface area contributed by atoms with Crippen LogP contribution in [0.3, 0.4) is 0 Å². The average molecular weight is 364 g/mol. The molecule has 0 amide bonds. The number of hydrogen-bond acceptors (Lipinski definition) is 2. The van der Waals surface area contributed by atoms with Gasteiger partial charge >= 0.3 is 0 Å². The fourth-order valence-electron chi connectivity index (χ4n) is 3.46. The minimum atomic E-state index is 0.0314. The third kappa shape index (κ3) is 3.67. The Morgan fingerprint density at radius 1 is 0.393 bits per heavy atom. The first-order chi connectivity index (χ1) is 13.7. The Morgan fingerprint density at radius 2 is 0.714 bits per heavy atom. The van der Waals surface area contributed by atoms with Gasteiger partial charge in [0.2, 0.25) is 0 Å². The van der Waals surface area contributed by atoms with Gasteiger partial charge in [-0.1, -0.05) is 91.0 Å². The summed E-state index contributed by atoms with van der Waals surface area (Å²) >= 11 is 0. The molecule has 0 fully saturated rings. The van der Waals surface area contributed by atoms with Gasteiger partial charge in [-0.15, -0.1) is 0 Å². The van der Waals surface area contributed by atoms with Gasteiger partial charge in [-0.25, -0.2) is 0 Å². The molecule has 2 N–H and O–H groups in total. The van der Waals surface area contributed by atoms with Gasteiger partial charge < -0.3 is 10.2 Å². The highest BCUT2D eigenvalue weighted by molar-refractivity contribution is 6.04. The predicted octanol–water partition coefficient (Wildman–Crippen LogP) is 6.11. The normalized spacial score (nSPS) is 10.4. The molecule has 2 nitrogen and oxygen atoms in total. The number of phenols is 2. The average Bonchev–Trinajstić information content (AvgIpc) is 2.73. The van der Waals surface area contributed by atoms with Crippen LogP contribution < -0.4 is 0 Å². The van der Waals surface area contributed by atoms with Crippen LogP contribution in [0.2, 0.25) is 0 Å². The second-order valence-corrected chi connectivity index (χ2v) is 6.59. The standard InChI is InChI=1S/C26H20O2/c27-23-16-22(17-24(28)18-23)26(21-14-8-3-9-15-21)25(19-10-4-1-5-11-19)20-12-6-2-7-13-20/h1-18,27-28H. The maximum absolute atomic E-state index is 10.1. The summed E-state index contributed by atoms with van der Waals surface area (Å²) in [6.07, 6.45) is 0. The lowest BCUT2D eigenvalue weighted by Crippen LogP contribution is -1.97. The van der Waals surface area contributed by atoms with Crippen molar-refractivity contribution in [2.24, 2.45) is 0 Å². The largest absolute Gasteiger partial charge is 0.508 e. The van der Waals surface area contributed by atoms with E-state index in [2.05, 4.69) is 24.3 Å². The van der Waals surface area contributed by atoms with Crippen molar-refractivity contribution in [2.45, 2.75) is 0 Å². The molecule has 0 unspecified atom stereocenters. The third-order valence-electron chi connectivity index (χ3n) is 4.63. The zero-order valence-electron chi connectivity index (χ0n) is 15.3. The van der Waals surface area contributed by atoms with E-state index in [1.54, 1.807) is 12.1 Å². The van der Waals surface area contributed by atoms with Crippen LogP contribution in [-0.2, 0) is 0 Å². The molecule has 0 aromatic heterocycles. The second-order valence-electron chi connectivity index (χ2n) is 6.59. The summed E-state index contributed by atoms with van der Waals surface area (Å²) in [5.74, 6) is 0.0628. The van der Waals surface area contributed by atoms with Crippen LogP contribution in [0.25, 0.3) is 11.1 Å². The molecular weight excluding hydrogens is 344 g/mol. The van der Waals surface area contributed by atoms with E-state index in [4.69, 9.17) is 0 Å². The summed E-state index contributed by atoms with van der Waals surface area (Å²) in [4.78, 5) is 0. The van der Waals surface area contributed by atoms with Crippen LogP contribution in [-0.4, -0.2) is 10.2 Å². The van der Waals surface area contributed by atoms with Gasteiger partial charge in [0, 0.05) is 6.07 Å². The van der Waals surface area contributed by atoms with E-state index in [1.165, 1.54) is 6.07 Å². The lowest BCUT2D eigenvalue weighted by atomic mass is 9.85. The molecule has 28 heavy (non-hydrogen) atoms. The third-order valence-corrected chi connectivity index (χ3v) is 4.63. The number of rotatable bonds is 4. The Balaban J connectivity index is 2.12. The van der Waals surface area contributed by atoms with Crippen LogP contribution in [0.1, 0.15) is 22.3 Å². The highest BCUT2D eigenvalue weighted by atomic mass is 16.3. The molecule has 0 bridgehead atoms. The minimum Gasteiger partial charge on any atom is -0.508 e. The van der Waals surface area contributed by atoms with Crippen molar-refractivity contribution in [2.75, 3.05) is 0 Å². The van der Waals surface area contributed by atoms with Crippen LogP contribution >= 0.6 is 0 Å². The van der Waals surface area contributed by atoms with Crippen LogP contribution in [0.5, 0.6) is 11.5 Å². The first-order valence-corrected chi connectivity index (χ1v) is 9.16. The summed E-state index contributed by atoms with van der Waals surface area (Å²) < 4.78 is 0. The zero-order valence-corrected chi connectivity index (χ0v) is 15.3. The summed E-state index contributed by atoms with van der Waals surface area (Å²) in [5.41, 5.74) is 5.88. The molecule has 0 aliphatic carbocycles. The Labute approximate surface area is 164 Å². The lowest BCUT2D eigenvalue weighted by Gasteiger charge is -2.18. The number of benzene rings is 4. The summed E-state index contributed by atoms with van der Waals surface area (Å²) in [5, 5.41) is 20.3. The van der Waals surface area contributed by atoms with Gasteiger partial charge in [-0.05, 0) is 45.5 Å². The van der Waals surface area contributed by atoms with Gasteiger partial charge in [-0.2, -0.15) is 0 Å². The molecule has 0 atom stereocenters. The Kier molecular flexibility index (Phi) is 4.94. The van der Waals surface area contributed by atoms with Gasteiger partial charge in [-0.3, -0.25) is 0 Å². The number of aromatic hydroxyl groups is 2. The van der Waals surface area contributed by atoms with Crippen molar-refractivity contribution in [3.05, 3.63) is 131 Å². The maximum atomic E-state index is 10.1. The van der Waals surface area contributed by atoms with E-state index >= 15 is 0 Å². The summed E-state index contributed by atoms with van der Waals surface area (Å²) in [6.45, 7) is 0. The SMILES string of the molecule is Oc1cc(O)cc(C(=C(c2ccccc2)c2ccccc2)c2ccccc2)c1. The first kappa shape index (κ1) is 17.6. The van der Waals surface area contributed by atoms with E-state index in [-0.39, 0.29) is 11.5 Å². The number of hydrogen-bond donors (Lipinski definition) is 2. The summed E-state index contributed by atoms with van der Waals surface area (Å²) in [7, 11) is 0. The molecule has 4 aromatic rings. The molecule has 4 aromatic carbocycles. The van der Waals surface area contributed by atoms with Crippen molar-refractivity contribution in [1.82, 2.24) is 0 Å². The smallest absolute Gasteiger partial charge is 0.119 e. The Bertz CT molecular complexity index is 1040. The van der Waals surface area contributed by atoms with Crippen molar-refractivity contribution in [3.8, 4) is 11.5 Å². The molecule has 0 heterocycles. The van der Waals surface area contributed by atoms with E-state index in [1.807, 2.05) is 66.7 Å². The molecular formula is C26H20O2. The fraction of sp³-hybridized carbons (Fsp3) is 0. The van der Waals surface area contributed by atoms with Gasteiger partial charge in [0.05, 0.1) is 0 Å². The van der Waals surface area contributed by atoms with Crippen molar-refractivity contribution < 1.29 is 10.2 Å². The van der Waals surface area contributed by atoms with Crippen molar-refractivity contribution in [3.63, 3.8) is 0 Å². The predicted molar refractivity (Wildman–Crippen MR) is 114 cm³/mol. The Hall–Kier alpha value is -3.78. The fourth-order valence-corrected chi connectivity index (χ4v) is 3.46. The highest BCUT2D eigenvalue weighted by Gasteiger charge is 2.17. The highest BCUT2D eigenvalue weighted by Crippen LogP contribution is 2.38. The van der Waals surface area contributed by atoms with E-state index in [0.717, 1.165) is 33.4 Å². The lowest BCUT2D eigenvalue weighted by molar-refractivity contribution is 0.450. The molecule has 136 valence electrons. The van der Waals surface area contributed by atoms with E-state index in [0.29, 0.717) is 0 Å². The molecule has 0 spiro atoms. The zero-order chi connectivity index (χ0) is 19.3. The second kappa shape index (κ2) is 7.85. The van der Waals surface area contributed by atoms with Gasteiger partial charge in [0.25, 0.3) is 0 Å². The molecule has 0 aliphatic heterocycles.